The van der Waals surface area contributed by atoms with Crippen molar-refractivity contribution in [3.05, 3.63) is 29.8 Å². The average molecular weight is 246 g/mol. The summed E-state index contributed by atoms with van der Waals surface area (Å²) in [4.78, 5) is 2.41. The summed E-state index contributed by atoms with van der Waals surface area (Å²) in [7, 11) is 2.22. The number of nitrogens with one attached hydrogen (secondary N) is 1. The third-order valence-corrected chi connectivity index (χ3v) is 3.44. The second kappa shape index (κ2) is 5.31. The smallest absolute Gasteiger partial charge is 0.0409 e. The van der Waals surface area contributed by atoms with Crippen LogP contribution in [0.1, 0.15) is 39.2 Å². The van der Waals surface area contributed by atoms with E-state index in [-0.39, 0.29) is 5.54 Å². The van der Waals surface area contributed by atoms with E-state index in [1.165, 1.54) is 30.6 Å². The molecule has 0 atom stereocenters. The van der Waals surface area contributed by atoms with Crippen LogP contribution in [-0.2, 0) is 6.54 Å². The van der Waals surface area contributed by atoms with Crippen molar-refractivity contribution in [2.75, 3.05) is 18.5 Å². The number of para-hydroxylation sites is 1. The topological polar surface area (TPSA) is 15.3 Å². The molecule has 2 nitrogen and oxygen atoms in total. The number of benzene rings is 1. The van der Waals surface area contributed by atoms with Crippen molar-refractivity contribution in [2.45, 2.75) is 45.7 Å². The minimum atomic E-state index is 0.169. The lowest BCUT2D eigenvalue weighted by Crippen LogP contribution is -2.35. The van der Waals surface area contributed by atoms with Gasteiger partial charge in [0.2, 0.25) is 0 Å². The molecule has 0 spiro atoms. The van der Waals surface area contributed by atoms with Crippen molar-refractivity contribution >= 4 is 5.69 Å². The van der Waals surface area contributed by atoms with Crippen LogP contribution in [0.3, 0.4) is 0 Å². The summed E-state index contributed by atoms with van der Waals surface area (Å²) in [5, 5.41) is 3.58. The second-order valence-corrected chi connectivity index (χ2v) is 6.56. The predicted octanol–water partition coefficient (Wildman–Crippen LogP) is 3.42. The normalized spacial score (nSPS) is 15.8. The molecular formula is C16H26N2. The first kappa shape index (κ1) is 13.4. The van der Waals surface area contributed by atoms with E-state index in [0.717, 1.165) is 12.5 Å². The molecule has 1 aromatic carbocycles. The molecule has 0 bridgehead atoms. The van der Waals surface area contributed by atoms with Gasteiger partial charge in [0.15, 0.2) is 0 Å². The molecule has 1 aliphatic rings. The highest BCUT2D eigenvalue weighted by molar-refractivity contribution is 5.53. The Hall–Kier alpha value is -1.02. The molecule has 0 saturated heterocycles. The molecule has 1 aliphatic carbocycles. The van der Waals surface area contributed by atoms with Gasteiger partial charge in [-0.05, 0) is 51.2 Å². The van der Waals surface area contributed by atoms with E-state index in [1.807, 2.05) is 0 Å². The number of anilines is 1. The predicted molar refractivity (Wildman–Crippen MR) is 79.0 cm³/mol. The summed E-state index contributed by atoms with van der Waals surface area (Å²) in [6.07, 6.45) is 2.82. The fourth-order valence-electron chi connectivity index (χ4n) is 2.18. The maximum absolute atomic E-state index is 3.58. The Bertz CT molecular complexity index is 388. The summed E-state index contributed by atoms with van der Waals surface area (Å²) in [6.45, 7) is 8.78. The van der Waals surface area contributed by atoms with Crippen LogP contribution in [0, 0.1) is 5.92 Å². The summed E-state index contributed by atoms with van der Waals surface area (Å²) < 4.78 is 0. The van der Waals surface area contributed by atoms with Gasteiger partial charge in [0.05, 0.1) is 0 Å². The summed E-state index contributed by atoms with van der Waals surface area (Å²) in [5.41, 5.74) is 2.94. The van der Waals surface area contributed by atoms with Gasteiger partial charge in [0.25, 0.3) is 0 Å². The monoisotopic (exact) mass is 246 g/mol. The molecule has 1 aromatic rings. The van der Waals surface area contributed by atoms with Crippen molar-refractivity contribution in [1.29, 1.82) is 0 Å². The Morgan fingerprint density at radius 1 is 1.22 bits per heavy atom. The van der Waals surface area contributed by atoms with E-state index < -0.39 is 0 Å². The van der Waals surface area contributed by atoms with Gasteiger partial charge in [-0.15, -0.1) is 0 Å². The summed E-state index contributed by atoms with van der Waals surface area (Å²) >= 11 is 0. The Kier molecular flexibility index (Phi) is 3.96. The standard InChI is InChI=1S/C16H26N2/c1-16(2,3)17-11-14-7-5-6-8-15(14)18(4)12-13-9-10-13/h5-8,13,17H,9-12H2,1-4H3. The SMILES string of the molecule is CN(CC1CC1)c1ccccc1CNC(C)(C)C. The lowest BCUT2D eigenvalue weighted by Gasteiger charge is -2.25. The van der Waals surface area contributed by atoms with E-state index in [4.69, 9.17) is 0 Å². The van der Waals surface area contributed by atoms with Gasteiger partial charge in [-0.1, -0.05) is 18.2 Å². The van der Waals surface area contributed by atoms with Crippen LogP contribution in [0.5, 0.6) is 0 Å². The zero-order valence-corrected chi connectivity index (χ0v) is 12.2. The van der Waals surface area contributed by atoms with Crippen LogP contribution in [-0.4, -0.2) is 19.1 Å². The molecule has 18 heavy (non-hydrogen) atoms. The Labute approximate surface area is 111 Å². The lowest BCUT2D eigenvalue weighted by atomic mass is 10.1. The molecule has 1 saturated carbocycles. The molecule has 0 unspecified atom stereocenters. The van der Waals surface area contributed by atoms with Crippen LogP contribution >= 0.6 is 0 Å². The van der Waals surface area contributed by atoms with Gasteiger partial charge in [-0.3, -0.25) is 0 Å². The van der Waals surface area contributed by atoms with Gasteiger partial charge < -0.3 is 10.2 Å². The molecule has 2 heteroatoms. The minimum Gasteiger partial charge on any atom is -0.374 e. The molecule has 0 radical (unpaired) electrons. The van der Waals surface area contributed by atoms with Crippen molar-refractivity contribution in [3.8, 4) is 0 Å². The first-order valence-electron chi connectivity index (χ1n) is 7.00. The zero-order chi connectivity index (χ0) is 13.2. The van der Waals surface area contributed by atoms with Crippen LogP contribution < -0.4 is 10.2 Å². The average Bonchev–Trinajstić information content (AvgIpc) is 3.09. The highest BCUT2D eigenvalue weighted by Crippen LogP contribution is 2.31. The van der Waals surface area contributed by atoms with Gasteiger partial charge in [-0.2, -0.15) is 0 Å². The fourth-order valence-corrected chi connectivity index (χ4v) is 2.18. The Morgan fingerprint density at radius 2 is 1.89 bits per heavy atom. The van der Waals surface area contributed by atoms with Gasteiger partial charge in [-0.25, -0.2) is 0 Å². The molecule has 0 amide bonds. The number of rotatable bonds is 5. The van der Waals surface area contributed by atoms with Gasteiger partial charge in [0, 0.05) is 31.4 Å². The minimum absolute atomic E-state index is 0.169. The molecule has 1 N–H and O–H groups in total. The van der Waals surface area contributed by atoms with Gasteiger partial charge >= 0.3 is 0 Å². The van der Waals surface area contributed by atoms with Crippen molar-refractivity contribution in [1.82, 2.24) is 5.32 Å². The largest absolute Gasteiger partial charge is 0.374 e. The summed E-state index contributed by atoms with van der Waals surface area (Å²) in [6, 6.07) is 8.74. The second-order valence-electron chi connectivity index (χ2n) is 6.56. The molecule has 1 fully saturated rings. The van der Waals surface area contributed by atoms with E-state index >= 15 is 0 Å². The number of hydrogen-bond donors (Lipinski definition) is 1. The first-order chi connectivity index (χ1) is 8.46. The molecule has 100 valence electrons. The Morgan fingerprint density at radius 3 is 2.50 bits per heavy atom. The highest BCUT2D eigenvalue weighted by atomic mass is 15.1. The number of nitrogens with zero attached hydrogens (tertiary/aromatic N) is 1. The third-order valence-electron chi connectivity index (χ3n) is 3.44. The lowest BCUT2D eigenvalue weighted by molar-refractivity contribution is 0.424. The van der Waals surface area contributed by atoms with Crippen LogP contribution in [0.4, 0.5) is 5.69 Å². The van der Waals surface area contributed by atoms with E-state index in [2.05, 4.69) is 62.3 Å². The third kappa shape index (κ3) is 4.02. The van der Waals surface area contributed by atoms with Crippen LogP contribution in [0.2, 0.25) is 0 Å². The van der Waals surface area contributed by atoms with E-state index in [1.54, 1.807) is 0 Å². The van der Waals surface area contributed by atoms with Crippen molar-refractivity contribution < 1.29 is 0 Å². The molecular weight excluding hydrogens is 220 g/mol. The molecule has 2 rings (SSSR count). The highest BCUT2D eigenvalue weighted by Gasteiger charge is 2.23. The van der Waals surface area contributed by atoms with Crippen molar-refractivity contribution in [3.63, 3.8) is 0 Å². The maximum atomic E-state index is 3.58. The van der Waals surface area contributed by atoms with E-state index in [0.29, 0.717) is 0 Å². The first-order valence-corrected chi connectivity index (χ1v) is 7.00. The van der Waals surface area contributed by atoms with Crippen LogP contribution in [0.25, 0.3) is 0 Å². The molecule has 0 aromatic heterocycles. The summed E-state index contributed by atoms with van der Waals surface area (Å²) in [5.74, 6) is 0.929. The Balaban J connectivity index is 2.04. The van der Waals surface area contributed by atoms with Crippen molar-refractivity contribution in [2.24, 2.45) is 5.92 Å². The zero-order valence-electron chi connectivity index (χ0n) is 12.2. The van der Waals surface area contributed by atoms with E-state index in [9.17, 15) is 0 Å². The quantitative estimate of drug-likeness (QED) is 0.856. The van der Waals surface area contributed by atoms with Gasteiger partial charge in [0.1, 0.15) is 0 Å². The fraction of sp³-hybridized carbons (Fsp3) is 0.625. The van der Waals surface area contributed by atoms with Crippen LogP contribution in [0.15, 0.2) is 24.3 Å². The molecule has 0 heterocycles. The maximum Gasteiger partial charge on any atom is 0.0409 e. The number of hydrogen-bond acceptors (Lipinski definition) is 2. The molecule has 0 aliphatic heterocycles.